The molecule has 1 aromatic heterocycles. The Bertz CT molecular complexity index is 1150. The molecule has 0 saturated heterocycles. The third kappa shape index (κ3) is 7.55. The molecule has 1 aromatic carbocycles. The van der Waals surface area contributed by atoms with Gasteiger partial charge in [-0.25, -0.2) is 17.8 Å². The van der Waals surface area contributed by atoms with Crippen LogP contribution in [0.1, 0.15) is 61.7 Å². The van der Waals surface area contributed by atoms with Gasteiger partial charge in [0.1, 0.15) is 11.5 Å². The molecule has 0 aliphatic heterocycles. The average Bonchev–Trinajstić information content (AvgIpc) is 2.71. The summed E-state index contributed by atoms with van der Waals surface area (Å²) in [6.45, 7) is 5.18. The summed E-state index contributed by atoms with van der Waals surface area (Å²) < 4.78 is 77.8. The van der Waals surface area contributed by atoms with Crippen LogP contribution in [0.15, 0.2) is 36.4 Å². The highest BCUT2D eigenvalue weighted by molar-refractivity contribution is 7.92. The van der Waals surface area contributed by atoms with Crippen molar-refractivity contribution < 1.29 is 30.8 Å². The summed E-state index contributed by atoms with van der Waals surface area (Å²) in [6, 6.07) is 5.32. The van der Waals surface area contributed by atoms with Crippen molar-refractivity contribution in [2.75, 3.05) is 11.0 Å². The van der Waals surface area contributed by atoms with Gasteiger partial charge < -0.3 is 5.32 Å². The van der Waals surface area contributed by atoms with Gasteiger partial charge in [-0.3, -0.25) is 9.52 Å². The lowest BCUT2D eigenvalue weighted by molar-refractivity contribution is -0.141. The van der Waals surface area contributed by atoms with Gasteiger partial charge in [0, 0.05) is 6.08 Å². The number of hydrogen-bond donors (Lipinski definition) is 2. The summed E-state index contributed by atoms with van der Waals surface area (Å²) in [6.07, 6.45) is -0.555. The number of pyridine rings is 1. The van der Waals surface area contributed by atoms with Crippen molar-refractivity contribution in [1.82, 2.24) is 10.3 Å². The minimum Gasteiger partial charge on any atom is -0.346 e. The number of halogens is 4. The fraction of sp³-hybridized carbons (Fsp3) is 0.364. The first kappa shape index (κ1) is 26.3. The molecule has 0 unspecified atom stereocenters. The van der Waals surface area contributed by atoms with Crippen molar-refractivity contribution in [3.05, 3.63) is 64.7 Å². The van der Waals surface area contributed by atoms with Crippen molar-refractivity contribution in [2.24, 2.45) is 0 Å². The van der Waals surface area contributed by atoms with Gasteiger partial charge in [0.2, 0.25) is 15.9 Å². The van der Waals surface area contributed by atoms with Crippen LogP contribution in [-0.4, -0.2) is 25.6 Å². The number of nitrogens with one attached hydrogen (secondary N) is 2. The van der Waals surface area contributed by atoms with E-state index in [9.17, 15) is 30.8 Å². The summed E-state index contributed by atoms with van der Waals surface area (Å²) in [5.74, 6) is -1.60. The Morgan fingerprint density at radius 3 is 2.39 bits per heavy atom. The Morgan fingerprint density at radius 1 is 1.18 bits per heavy atom. The van der Waals surface area contributed by atoms with Gasteiger partial charge in [-0.15, -0.1) is 0 Å². The number of hydrogen-bond acceptors (Lipinski definition) is 4. The van der Waals surface area contributed by atoms with Crippen LogP contribution >= 0.6 is 0 Å². The first-order chi connectivity index (χ1) is 15.2. The second-order valence-corrected chi connectivity index (χ2v) is 9.40. The molecule has 0 fully saturated rings. The smallest absolute Gasteiger partial charge is 0.346 e. The highest BCUT2D eigenvalue weighted by atomic mass is 32.2. The second kappa shape index (κ2) is 10.3. The molecule has 0 aliphatic rings. The normalized spacial score (nSPS) is 14.2. The summed E-state index contributed by atoms with van der Waals surface area (Å²) in [4.78, 5) is 16.1. The lowest BCUT2D eigenvalue weighted by Gasteiger charge is -2.16. The maximum atomic E-state index is 14.2. The van der Waals surface area contributed by atoms with E-state index in [2.05, 4.69) is 10.3 Å². The number of anilines is 1. The van der Waals surface area contributed by atoms with E-state index in [1.807, 2.05) is 11.6 Å². The minimum absolute atomic E-state index is 0.216. The predicted octanol–water partition coefficient (Wildman–Crippen LogP) is 5.02. The zero-order valence-electron chi connectivity index (χ0n) is 18.5. The lowest BCUT2D eigenvalue weighted by Crippen LogP contribution is -2.24. The molecule has 11 heteroatoms. The molecule has 2 rings (SSSR count). The molecule has 6 nitrogen and oxygen atoms in total. The Kier molecular flexibility index (Phi) is 8.23. The van der Waals surface area contributed by atoms with Crippen LogP contribution in [0.25, 0.3) is 6.08 Å². The largest absolute Gasteiger partial charge is 0.433 e. The molecule has 0 bridgehead atoms. The molecular weight excluding hydrogens is 462 g/mol. The van der Waals surface area contributed by atoms with Crippen molar-refractivity contribution >= 4 is 27.7 Å². The van der Waals surface area contributed by atoms with E-state index in [0.29, 0.717) is 17.5 Å². The molecule has 0 radical (unpaired) electrons. The molecular formula is C22H25F4N3O3S. The minimum atomic E-state index is -4.57. The first-order valence-electron chi connectivity index (χ1n) is 10.0. The van der Waals surface area contributed by atoms with Gasteiger partial charge in [-0.2, -0.15) is 13.2 Å². The molecule has 1 heterocycles. The molecule has 0 saturated carbocycles. The maximum absolute atomic E-state index is 14.2. The number of benzene rings is 1. The van der Waals surface area contributed by atoms with Crippen molar-refractivity contribution in [3.63, 3.8) is 0 Å². The molecule has 2 N–H and O–H groups in total. The summed E-state index contributed by atoms with van der Waals surface area (Å²) in [5.41, 5.74) is -0.191. The van der Waals surface area contributed by atoms with Crippen LogP contribution in [0.4, 0.5) is 23.2 Å². The molecule has 2 atom stereocenters. The summed E-state index contributed by atoms with van der Waals surface area (Å²) >= 11 is 0. The SMILES string of the molecule is CC[C@@H](C)c1nc(C(F)(F)F)ccc1C=CC(=O)N[C@H](C)c1ccc(NS(C)(=O)=O)c(F)c1. The van der Waals surface area contributed by atoms with Gasteiger partial charge >= 0.3 is 6.18 Å². The van der Waals surface area contributed by atoms with Crippen LogP contribution in [-0.2, 0) is 21.0 Å². The van der Waals surface area contributed by atoms with E-state index in [4.69, 9.17) is 0 Å². The third-order valence-corrected chi connectivity index (χ3v) is 5.48. The predicted molar refractivity (Wildman–Crippen MR) is 118 cm³/mol. The molecule has 180 valence electrons. The first-order valence-corrected chi connectivity index (χ1v) is 11.9. The van der Waals surface area contributed by atoms with Crippen molar-refractivity contribution in [2.45, 2.75) is 45.3 Å². The van der Waals surface area contributed by atoms with E-state index < -0.39 is 39.7 Å². The average molecular weight is 488 g/mol. The van der Waals surface area contributed by atoms with Gasteiger partial charge in [0.15, 0.2) is 0 Å². The quantitative estimate of drug-likeness (QED) is 0.405. The van der Waals surface area contributed by atoms with Gasteiger partial charge in [0.05, 0.1) is 23.7 Å². The van der Waals surface area contributed by atoms with E-state index in [1.165, 1.54) is 30.4 Å². The van der Waals surface area contributed by atoms with Crippen LogP contribution in [0.2, 0.25) is 0 Å². The Hall–Kier alpha value is -2.95. The Morgan fingerprint density at radius 2 is 1.85 bits per heavy atom. The third-order valence-electron chi connectivity index (χ3n) is 4.89. The standard InChI is InChI=1S/C22H25F4N3O3S/c1-5-13(2)21-15(7-10-19(28-21)22(24,25)26)8-11-20(30)27-14(3)16-6-9-18(17(23)12-16)29-33(4,31)32/h6-14,29H,5H2,1-4H3,(H,27,30)/t13-,14-/m1/s1. The number of nitrogens with zero attached hydrogens (tertiary/aromatic N) is 1. The number of alkyl halides is 3. The summed E-state index contributed by atoms with van der Waals surface area (Å²) in [5, 5.41) is 2.63. The topological polar surface area (TPSA) is 88.2 Å². The fourth-order valence-corrected chi connectivity index (χ4v) is 3.53. The molecule has 33 heavy (non-hydrogen) atoms. The number of rotatable bonds is 8. The molecule has 0 spiro atoms. The highest BCUT2D eigenvalue weighted by Crippen LogP contribution is 2.31. The molecule has 2 aromatic rings. The zero-order valence-corrected chi connectivity index (χ0v) is 19.3. The van der Waals surface area contributed by atoms with E-state index in [-0.39, 0.29) is 17.3 Å². The Balaban J connectivity index is 2.17. The van der Waals surface area contributed by atoms with Crippen molar-refractivity contribution in [1.29, 1.82) is 0 Å². The van der Waals surface area contributed by atoms with Crippen LogP contribution in [0.3, 0.4) is 0 Å². The van der Waals surface area contributed by atoms with Gasteiger partial charge in [-0.05, 0) is 54.7 Å². The summed E-state index contributed by atoms with van der Waals surface area (Å²) in [7, 11) is -3.64. The zero-order chi connectivity index (χ0) is 25.0. The number of carbonyl (C=O) groups excluding carboxylic acids is 1. The monoisotopic (exact) mass is 487 g/mol. The molecule has 0 aliphatic carbocycles. The van der Waals surface area contributed by atoms with E-state index >= 15 is 0 Å². The van der Waals surface area contributed by atoms with Gasteiger partial charge in [0.25, 0.3) is 0 Å². The van der Waals surface area contributed by atoms with Crippen LogP contribution < -0.4 is 10.0 Å². The lowest BCUT2D eigenvalue weighted by atomic mass is 9.98. The number of sulfonamides is 1. The second-order valence-electron chi connectivity index (χ2n) is 7.66. The van der Waals surface area contributed by atoms with Crippen molar-refractivity contribution in [3.8, 4) is 0 Å². The van der Waals surface area contributed by atoms with E-state index in [0.717, 1.165) is 18.4 Å². The number of amides is 1. The van der Waals surface area contributed by atoms with Crippen LogP contribution in [0, 0.1) is 5.82 Å². The fourth-order valence-electron chi connectivity index (χ4n) is 2.97. The number of aromatic nitrogens is 1. The molecule has 1 amide bonds. The van der Waals surface area contributed by atoms with Crippen LogP contribution in [0.5, 0.6) is 0 Å². The highest BCUT2D eigenvalue weighted by Gasteiger charge is 2.33. The Labute approximate surface area is 190 Å². The number of carbonyl (C=O) groups is 1. The van der Waals surface area contributed by atoms with E-state index in [1.54, 1.807) is 13.8 Å². The van der Waals surface area contributed by atoms with Gasteiger partial charge in [-0.1, -0.05) is 26.0 Å². The maximum Gasteiger partial charge on any atom is 0.433 e.